The van der Waals surface area contributed by atoms with E-state index < -0.39 is 5.97 Å². The first kappa shape index (κ1) is 17.3. The van der Waals surface area contributed by atoms with E-state index >= 15 is 0 Å². The summed E-state index contributed by atoms with van der Waals surface area (Å²) >= 11 is 5.89. The molecule has 0 heterocycles. The Balaban J connectivity index is 2.86. The van der Waals surface area contributed by atoms with E-state index in [0.717, 1.165) is 0 Å². The third kappa shape index (κ3) is 4.93. The van der Waals surface area contributed by atoms with Crippen molar-refractivity contribution < 1.29 is 14.7 Å². The maximum atomic E-state index is 12.3. The van der Waals surface area contributed by atoms with Gasteiger partial charge in [0.05, 0.1) is 10.6 Å². The molecule has 0 saturated heterocycles. The number of nitrogens with zero attached hydrogens (tertiary/aromatic N) is 1. The van der Waals surface area contributed by atoms with Crippen molar-refractivity contribution in [2.75, 3.05) is 11.9 Å². The van der Waals surface area contributed by atoms with Gasteiger partial charge in [-0.15, -0.1) is 0 Å². The summed E-state index contributed by atoms with van der Waals surface area (Å²) in [7, 11) is 0. The van der Waals surface area contributed by atoms with Crippen molar-refractivity contribution in [2.24, 2.45) is 5.92 Å². The Morgan fingerprint density at radius 2 is 1.90 bits per heavy atom. The van der Waals surface area contributed by atoms with Crippen LogP contribution in [0.15, 0.2) is 18.2 Å². The molecule has 1 aromatic carbocycles. The quantitative estimate of drug-likeness (QED) is 0.865. The molecule has 6 heteroatoms. The summed E-state index contributed by atoms with van der Waals surface area (Å²) in [4.78, 5) is 24.9. The maximum Gasteiger partial charge on any atom is 0.337 e. The third-order valence-electron chi connectivity index (χ3n) is 2.90. The van der Waals surface area contributed by atoms with Gasteiger partial charge in [-0.25, -0.2) is 9.59 Å². The number of halogens is 1. The van der Waals surface area contributed by atoms with Crippen molar-refractivity contribution in [1.82, 2.24) is 4.90 Å². The number of aromatic carboxylic acids is 1. The third-order valence-corrected chi connectivity index (χ3v) is 3.21. The highest BCUT2D eigenvalue weighted by Gasteiger charge is 2.18. The first-order valence-electron chi connectivity index (χ1n) is 6.82. The lowest BCUT2D eigenvalue weighted by Crippen LogP contribution is -2.42. The summed E-state index contributed by atoms with van der Waals surface area (Å²) in [6.45, 7) is 8.62. The average Bonchev–Trinajstić information content (AvgIpc) is 2.34. The number of urea groups is 1. The molecule has 0 aliphatic rings. The van der Waals surface area contributed by atoms with Crippen LogP contribution in [-0.2, 0) is 0 Å². The highest BCUT2D eigenvalue weighted by atomic mass is 35.5. The smallest absolute Gasteiger partial charge is 0.337 e. The highest BCUT2D eigenvalue weighted by molar-refractivity contribution is 6.33. The molecule has 0 aliphatic heterocycles. The Morgan fingerprint density at radius 1 is 1.29 bits per heavy atom. The summed E-state index contributed by atoms with van der Waals surface area (Å²) < 4.78 is 0. The molecule has 0 fully saturated rings. The minimum atomic E-state index is -1.10. The van der Waals surface area contributed by atoms with Crippen molar-refractivity contribution in [2.45, 2.75) is 33.7 Å². The van der Waals surface area contributed by atoms with Crippen LogP contribution in [0, 0.1) is 5.92 Å². The first-order valence-corrected chi connectivity index (χ1v) is 7.20. The molecule has 0 aliphatic carbocycles. The fourth-order valence-corrected chi connectivity index (χ4v) is 2.14. The normalized spacial score (nSPS) is 10.8. The fraction of sp³-hybridized carbons (Fsp3) is 0.467. The lowest BCUT2D eigenvalue weighted by atomic mass is 10.2. The summed E-state index contributed by atoms with van der Waals surface area (Å²) in [5.74, 6) is -0.738. The number of nitrogens with one attached hydrogen (secondary N) is 1. The molecular weight excluding hydrogens is 292 g/mol. The van der Waals surface area contributed by atoms with E-state index in [-0.39, 0.29) is 22.7 Å². The molecule has 0 saturated carbocycles. The Kier molecular flexibility index (Phi) is 6.03. The van der Waals surface area contributed by atoms with Crippen LogP contribution in [0.1, 0.15) is 38.1 Å². The van der Waals surface area contributed by atoms with Crippen LogP contribution in [0.4, 0.5) is 10.5 Å². The van der Waals surface area contributed by atoms with Gasteiger partial charge >= 0.3 is 12.0 Å². The molecule has 0 unspecified atom stereocenters. The first-order chi connectivity index (χ1) is 9.72. The van der Waals surface area contributed by atoms with Gasteiger partial charge in [0, 0.05) is 18.3 Å². The molecule has 21 heavy (non-hydrogen) atoms. The van der Waals surface area contributed by atoms with Crippen molar-refractivity contribution in [1.29, 1.82) is 0 Å². The van der Waals surface area contributed by atoms with Gasteiger partial charge in [0.1, 0.15) is 0 Å². The number of hydrogen-bond donors (Lipinski definition) is 2. The van der Waals surface area contributed by atoms with Gasteiger partial charge in [-0.05, 0) is 38.0 Å². The summed E-state index contributed by atoms with van der Waals surface area (Å²) in [5, 5.41) is 11.8. The van der Waals surface area contributed by atoms with Crippen molar-refractivity contribution in [3.05, 3.63) is 28.8 Å². The number of hydrogen-bond acceptors (Lipinski definition) is 2. The molecule has 1 rings (SSSR count). The maximum absolute atomic E-state index is 12.3. The minimum Gasteiger partial charge on any atom is -0.478 e. The van der Waals surface area contributed by atoms with Gasteiger partial charge in [0.2, 0.25) is 0 Å². The molecule has 5 nitrogen and oxygen atoms in total. The standard InChI is InChI=1S/C15H21ClN2O3/c1-9(2)8-18(10(3)4)15(21)17-11-5-6-12(14(19)20)13(16)7-11/h5-7,9-10H,8H2,1-4H3,(H,17,21)(H,19,20). The topological polar surface area (TPSA) is 69.6 Å². The molecule has 1 aromatic rings. The van der Waals surface area contributed by atoms with E-state index in [1.165, 1.54) is 18.2 Å². The number of benzene rings is 1. The van der Waals surface area contributed by atoms with Gasteiger partial charge in [0.25, 0.3) is 0 Å². The van der Waals surface area contributed by atoms with Crippen LogP contribution in [-0.4, -0.2) is 34.6 Å². The molecule has 0 radical (unpaired) electrons. The van der Waals surface area contributed by atoms with Gasteiger partial charge in [-0.2, -0.15) is 0 Å². The largest absolute Gasteiger partial charge is 0.478 e. The SMILES string of the molecule is CC(C)CN(C(=O)Nc1ccc(C(=O)O)c(Cl)c1)C(C)C. The molecule has 0 bridgehead atoms. The molecular formula is C15H21ClN2O3. The predicted octanol–water partition coefficient (Wildman–Crippen LogP) is 3.94. The molecule has 0 atom stereocenters. The lowest BCUT2D eigenvalue weighted by Gasteiger charge is -2.28. The zero-order valence-electron chi connectivity index (χ0n) is 12.7. The number of carboxylic acid groups (broad SMARTS) is 1. The predicted molar refractivity (Wildman–Crippen MR) is 84.1 cm³/mol. The zero-order chi connectivity index (χ0) is 16.2. The number of carbonyl (C=O) groups is 2. The van der Waals surface area contributed by atoms with E-state index in [4.69, 9.17) is 16.7 Å². The van der Waals surface area contributed by atoms with Crippen molar-refractivity contribution in [3.8, 4) is 0 Å². The van der Waals surface area contributed by atoms with Crippen LogP contribution in [0.5, 0.6) is 0 Å². The van der Waals surface area contributed by atoms with E-state index in [1.807, 2.05) is 27.7 Å². The molecule has 0 aromatic heterocycles. The summed E-state index contributed by atoms with van der Waals surface area (Å²) in [6.07, 6.45) is 0. The van der Waals surface area contributed by atoms with Crippen LogP contribution in [0.3, 0.4) is 0 Å². The van der Waals surface area contributed by atoms with Crippen molar-refractivity contribution >= 4 is 29.3 Å². The zero-order valence-corrected chi connectivity index (χ0v) is 13.4. The second-order valence-electron chi connectivity index (χ2n) is 5.57. The van der Waals surface area contributed by atoms with Gasteiger partial charge in [-0.1, -0.05) is 25.4 Å². The number of amides is 2. The van der Waals surface area contributed by atoms with Gasteiger partial charge in [-0.3, -0.25) is 0 Å². The monoisotopic (exact) mass is 312 g/mol. The molecule has 2 amide bonds. The van der Waals surface area contributed by atoms with E-state index in [0.29, 0.717) is 18.2 Å². The van der Waals surface area contributed by atoms with Crippen LogP contribution < -0.4 is 5.32 Å². The van der Waals surface area contributed by atoms with E-state index in [1.54, 1.807) is 4.90 Å². The Hall–Kier alpha value is -1.75. The number of anilines is 1. The minimum absolute atomic E-state index is 0.0116. The van der Waals surface area contributed by atoms with Crippen LogP contribution in [0.2, 0.25) is 5.02 Å². The Labute approximate surface area is 129 Å². The highest BCUT2D eigenvalue weighted by Crippen LogP contribution is 2.21. The Bertz CT molecular complexity index is 530. The number of carbonyl (C=O) groups excluding carboxylic acids is 1. The van der Waals surface area contributed by atoms with Crippen molar-refractivity contribution in [3.63, 3.8) is 0 Å². The van der Waals surface area contributed by atoms with Crippen LogP contribution >= 0.6 is 11.6 Å². The molecule has 0 spiro atoms. The average molecular weight is 313 g/mol. The second kappa shape index (κ2) is 7.31. The van der Waals surface area contributed by atoms with Crippen LogP contribution in [0.25, 0.3) is 0 Å². The van der Waals surface area contributed by atoms with E-state index in [9.17, 15) is 9.59 Å². The lowest BCUT2D eigenvalue weighted by molar-refractivity contribution is 0.0697. The molecule has 2 N–H and O–H groups in total. The number of carboxylic acids is 1. The van der Waals surface area contributed by atoms with E-state index in [2.05, 4.69) is 5.32 Å². The van der Waals surface area contributed by atoms with Gasteiger partial charge < -0.3 is 15.3 Å². The number of rotatable bonds is 5. The summed E-state index contributed by atoms with van der Waals surface area (Å²) in [5.41, 5.74) is 0.488. The molecule has 116 valence electrons. The second-order valence-corrected chi connectivity index (χ2v) is 5.98. The Morgan fingerprint density at radius 3 is 2.33 bits per heavy atom. The summed E-state index contributed by atoms with van der Waals surface area (Å²) in [6, 6.07) is 4.19. The fourth-order valence-electron chi connectivity index (χ4n) is 1.88. The van der Waals surface area contributed by atoms with Gasteiger partial charge in [0.15, 0.2) is 0 Å².